The minimum absolute atomic E-state index is 0.0263. The summed E-state index contributed by atoms with van der Waals surface area (Å²) in [6.45, 7) is 1.83. The number of aliphatic carboxylic acids is 1. The number of benzene rings is 1. The lowest BCUT2D eigenvalue weighted by Gasteiger charge is -2.14. The molecule has 5 nitrogen and oxygen atoms in total. The summed E-state index contributed by atoms with van der Waals surface area (Å²) in [5.41, 5.74) is 1.93. The molecular formula is C15H15N3O2. The number of fused-ring (bicyclic) bond motifs is 1. The van der Waals surface area contributed by atoms with Crippen LogP contribution in [0, 0.1) is 6.92 Å². The van der Waals surface area contributed by atoms with E-state index in [0.29, 0.717) is 12.2 Å². The molecule has 1 aromatic heterocycles. The van der Waals surface area contributed by atoms with Crippen molar-refractivity contribution in [1.82, 2.24) is 9.97 Å². The van der Waals surface area contributed by atoms with Crippen LogP contribution in [0.15, 0.2) is 36.5 Å². The van der Waals surface area contributed by atoms with Crippen LogP contribution in [0.2, 0.25) is 0 Å². The van der Waals surface area contributed by atoms with Crippen molar-refractivity contribution in [2.24, 2.45) is 0 Å². The summed E-state index contributed by atoms with van der Waals surface area (Å²) >= 11 is 0. The van der Waals surface area contributed by atoms with E-state index in [2.05, 4.69) is 15.3 Å². The van der Waals surface area contributed by atoms with Crippen molar-refractivity contribution in [1.29, 1.82) is 0 Å². The van der Waals surface area contributed by atoms with Crippen LogP contribution in [0.3, 0.4) is 0 Å². The van der Waals surface area contributed by atoms with E-state index >= 15 is 0 Å². The van der Waals surface area contributed by atoms with Crippen molar-refractivity contribution in [2.75, 3.05) is 5.32 Å². The van der Waals surface area contributed by atoms with Crippen molar-refractivity contribution in [3.8, 4) is 0 Å². The molecule has 0 spiro atoms. The van der Waals surface area contributed by atoms with E-state index in [0.717, 1.165) is 16.9 Å². The topological polar surface area (TPSA) is 75.1 Å². The third kappa shape index (κ3) is 2.22. The second-order valence-electron chi connectivity index (χ2n) is 4.94. The number of carbonyl (C=O) groups is 1. The summed E-state index contributed by atoms with van der Waals surface area (Å²) in [4.78, 5) is 19.7. The Labute approximate surface area is 116 Å². The van der Waals surface area contributed by atoms with E-state index in [4.69, 9.17) is 0 Å². The smallest absolute Gasteiger partial charge is 0.311 e. The zero-order chi connectivity index (χ0) is 14.1. The molecule has 0 aliphatic heterocycles. The highest BCUT2D eigenvalue weighted by Crippen LogP contribution is 2.41. The highest BCUT2D eigenvalue weighted by atomic mass is 16.4. The van der Waals surface area contributed by atoms with Gasteiger partial charge in [-0.15, -0.1) is 0 Å². The predicted octanol–water partition coefficient (Wildman–Crippen LogP) is 2.51. The lowest BCUT2D eigenvalue weighted by atomic mass is 10.0. The Hall–Kier alpha value is -2.43. The maximum Gasteiger partial charge on any atom is 0.311 e. The molecule has 20 heavy (non-hydrogen) atoms. The number of anilines is 1. The number of carboxylic acid groups (broad SMARTS) is 1. The van der Waals surface area contributed by atoms with Crippen LogP contribution in [0.5, 0.6) is 0 Å². The fraction of sp³-hybridized carbons (Fsp3) is 0.267. The first-order valence-electron chi connectivity index (χ1n) is 6.53. The number of carboxylic acids is 1. The summed E-state index contributed by atoms with van der Waals surface area (Å²) in [6, 6.07) is 9.45. The number of hydrogen-bond donors (Lipinski definition) is 2. The van der Waals surface area contributed by atoms with Gasteiger partial charge in [0.05, 0.1) is 12.0 Å². The zero-order valence-corrected chi connectivity index (χ0v) is 11.1. The second-order valence-corrected chi connectivity index (χ2v) is 4.94. The molecule has 2 atom stereocenters. The van der Waals surface area contributed by atoms with Gasteiger partial charge < -0.3 is 10.4 Å². The Bertz CT molecular complexity index is 657. The van der Waals surface area contributed by atoms with Crippen molar-refractivity contribution < 1.29 is 9.90 Å². The molecule has 102 valence electrons. The number of nitrogens with zero attached hydrogens (tertiary/aromatic N) is 2. The molecule has 3 rings (SSSR count). The van der Waals surface area contributed by atoms with Gasteiger partial charge in [-0.3, -0.25) is 4.79 Å². The Morgan fingerprint density at radius 3 is 2.75 bits per heavy atom. The molecule has 2 aromatic rings. The first-order chi connectivity index (χ1) is 9.65. The highest BCUT2D eigenvalue weighted by molar-refractivity contribution is 5.78. The van der Waals surface area contributed by atoms with E-state index in [-0.39, 0.29) is 6.04 Å². The van der Waals surface area contributed by atoms with Crippen LogP contribution < -0.4 is 5.32 Å². The first kappa shape index (κ1) is 12.6. The molecule has 0 unspecified atom stereocenters. The summed E-state index contributed by atoms with van der Waals surface area (Å²) in [6.07, 6.45) is 2.23. The highest BCUT2D eigenvalue weighted by Gasteiger charge is 2.35. The molecule has 1 heterocycles. The third-order valence-corrected chi connectivity index (χ3v) is 3.61. The van der Waals surface area contributed by atoms with Gasteiger partial charge in [0.2, 0.25) is 0 Å². The van der Waals surface area contributed by atoms with Gasteiger partial charge in [0.25, 0.3) is 0 Å². The average molecular weight is 269 g/mol. The predicted molar refractivity (Wildman–Crippen MR) is 74.6 cm³/mol. The van der Waals surface area contributed by atoms with Crippen molar-refractivity contribution in [3.05, 3.63) is 53.5 Å². The fourth-order valence-electron chi connectivity index (χ4n) is 2.72. The van der Waals surface area contributed by atoms with E-state index in [1.807, 2.05) is 31.2 Å². The van der Waals surface area contributed by atoms with Crippen LogP contribution in [0.25, 0.3) is 0 Å². The monoisotopic (exact) mass is 269 g/mol. The molecule has 0 fully saturated rings. The standard InChI is InChI=1S/C15H15N3O2/c1-9-16-7-6-14(17-9)18-13-8-12(15(19)20)10-4-2-3-5-11(10)13/h2-7,12-13H,8H2,1H3,(H,19,20)(H,16,17,18)/t12-,13+/m0/s1. The minimum Gasteiger partial charge on any atom is -0.481 e. The number of hydrogen-bond acceptors (Lipinski definition) is 4. The summed E-state index contributed by atoms with van der Waals surface area (Å²) in [7, 11) is 0. The molecule has 1 aliphatic carbocycles. The normalized spacial score (nSPS) is 20.4. The molecule has 0 radical (unpaired) electrons. The van der Waals surface area contributed by atoms with Gasteiger partial charge in [0, 0.05) is 6.20 Å². The van der Waals surface area contributed by atoms with Crippen molar-refractivity contribution >= 4 is 11.8 Å². The second kappa shape index (κ2) is 4.92. The average Bonchev–Trinajstić information content (AvgIpc) is 2.78. The van der Waals surface area contributed by atoms with E-state index in [1.165, 1.54) is 0 Å². The Balaban J connectivity index is 1.90. The Kier molecular flexibility index (Phi) is 3.10. The van der Waals surface area contributed by atoms with Gasteiger partial charge in [-0.1, -0.05) is 24.3 Å². The number of aromatic nitrogens is 2. The largest absolute Gasteiger partial charge is 0.481 e. The molecular weight excluding hydrogens is 254 g/mol. The molecule has 1 aliphatic rings. The number of rotatable bonds is 3. The van der Waals surface area contributed by atoms with Gasteiger partial charge in [0.1, 0.15) is 11.6 Å². The SMILES string of the molecule is Cc1nccc(N[C@@H]2C[C@H](C(=O)O)c3ccccc32)n1. The van der Waals surface area contributed by atoms with Crippen LogP contribution in [0.1, 0.15) is 35.3 Å². The Morgan fingerprint density at radius 2 is 2.05 bits per heavy atom. The quantitative estimate of drug-likeness (QED) is 0.895. The third-order valence-electron chi connectivity index (χ3n) is 3.61. The molecule has 2 N–H and O–H groups in total. The zero-order valence-electron chi connectivity index (χ0n) is 11.1. The van der Waals surface area contributed by atoms with Gasteiger partial charge in [-0.2, -0.15) is 0 Å². The van der Waals surface area contributed by atoms with Crippen molar-refractivity contribution in [2.45, 2.75) is 25.3 Å². The summed E-state index contributed by atoms with van der Waals surface area (Å²) < 4.78 is 0. The first-order valence-corrected chi connectivity index (χ1v) is 6.53. The van der Waals surface area contributed by atoms with Crippen molar-refractivity contribution in [3.63, 3.8) is 0 Å². The number of nitrogens with one attached hydrogen (secondary N) is 1. The maximum absolute atomic E-state index is 11.4. The molecule has 1 aromatic carbocycles. The molecule has 0 bridgehead atoms. The summed E-state index contributed by atoms with van der Waals surface area (Å²) in [5.74, 6) is 0.187. The van der Waals surface area contributed by atoms with Gasteiger partial charge in [-0.25, -0.2) is 9.97 Å². The molecule has 0 amide bonds. The molecule has 0 saturated carbocycles. The van der Waals surface area contributed by atoms with Crippen LogP contribution >= 0.6 is 0 Å². The molecule has 0 saturated heterocycles. The number of aryl methyl sites for hydroxylation is 1. The van der Waals surface area contributed by atoms with Gasteiger partial charge >= 0.3 is 5.97 Å². The lowest BCUT2D eigenvalue weighted by Crippen LogP contribution is -2.12. The fourth-order valence-corrected chi connectivity index (χ4v) is 2.72. The lowest BCUT2D eigenvalue weighted by molar-refractivity contribution is -0.138. The van der Waals surface area contributed by atoms with Gasteiger partial charge in [-0.05, 0) is 30.5 Å². The maximum atomic E-state index is 11.4. The van der Waals surface area contributed by atoms with Crippen LogP contribution in [-0.4, -0.2) is 21.0 Å². The van der Waals surface area contributed by atoms with Crippen LogP contribution in [0.4, 0.5) is 5.82 Å². The summed E-state index contributed by atoms with van der Waals surface area (Å²) in [5, 5.41) is 12.6. The minimum atomic E-state index is -0.777. The van der Waals surface area contributed by atoms with Crippen LogP contribution in [-0.2, 0) is 4.79 Å². The van der Waals surface area contributed by atoms with E-state index in [1.54, 1.807) is 12.3 Å². The Morgan fingerprint density at radius 1 is 1.30 bits per heavy atom. The molecule has 5 heteroatoms. The van der Waals surface area contributed by atoms with E-state index < -0.39 is 11.9 Å². The van der Waals surface area contributed by atoms with E-state index in [9.17, 15) is 9.90 Å². The van der Waals surface area contributed by atoms with Gasteiger partial charge in [0.15, 0.2) is 0 Å².